The highest BCUT2D eigenvalue weighted by atomic mass is 16.6. The number of rotatable bonds is 7. The summed E-state index contributed by atoms with van der Waals surface area (Å²) in [5.74, 6) is -0.214. The van der Waals surface area contributed by atoms with Gasteiger partial charge in [0.15, 0.2) is 0 Å². The number of nitro groups is 1. The molecule has 0 bridgehead atoms. The maximum absolute atomic E-state index is 12.9. The van der Waals surface area contributed by atoms with Gasteiger partial charge in [0.25, 0.3) is 11.6 Å². The van der Waals surface area contributed by atoms with Gasteiger partial charge in [-0.05, 0) is 31.0 Å². The fourth-order valence-electron chi connectivity index (χ4n) is 2.46. The minimum Gasteiger partial charge on any atom is -0.334 e. The highest BCUT2D eigenvalue weighted by Gasteiger charge is 2.20. The summed E-state index contributed by atoms with van der Waals surface area (Å²) in [5, 5.41) is 11.0. The van der Waals surface area contributed by atoms with Gasteiger partial charge in [-0.15, -0.1) is 0 Å². The van der Waals surface area contributed by atoms with Crippen molar-refractivity contribution in [1.82, 2.24) is 4.90 Å². The van der Waals surface area contributed by atoms with Crippen LogP contribution in [-0.2, 0) is 6.54 Å². The predicted octanol–water partition coefficient (Wildman–Crippen LogP) is 2.89. The van der Waals surface area contributed by atoms with Crippen LogP contribution in [0.15, 0.2) is 48.5 Å². The smallest absolute Gasteiger partial charge is 0.270 e. The number of carbonyl (C=O) groups is 1. The van der Waals surface area contributed by atoms with Crippen LogP contribution in [0.3, 0.4) is 0 Å². The number of nitrogens with two attached hydrogens (primary N) is 1. The van der Waals surface area contributed by atoms with E-state index in [0.717, 1.165) is 11.1 Å². The molecule has 0 radical (unpaired) electrons. The number of nitro benzene ring substituents is 1. The Kier molecular flexibility index (Phi) is 6.03. The average Bonchev–Trinajstić information content (AvgIpc) is 2.59. The first-order chi connectivity index (χ1) is 11.5. The highest BCUT2D eigenvalue weighted by Crippen LogP contribution is 2.20. The number of aryl methyl sites for hydroxylation is 1. The Morgan fingerprint density at radius 1 is 1.21 bits per heavy atom. The first kappa shape index (κ1) is 17.6. The van der Waals surface area contributed by atoms with Crippen molar-refractivity contribution in [1.29, 1.82) is 0 Å². The number of hydrogen-bond acceptors (Lipinski definition) is 4. The van der Waals surface area contributed by atoms with Crippen LogP contribution in [0.2, 0.25) is 0 Å². The molecule has 0 unspecified atom stereocenters. The van der Waals surface area contributed by atoms with Gasteiger partial charge in [0.1, 0.15) is 0 Å². The van der Waals surface area contributed by atoms with Crippen LogP contribution in [0.4, 0.5) is 5.69 Å². The van der Waals surface area contributed by atoms with Crippen LogP contribution in [0.25, 0.3) is 0 Å². The molecule has 6 heteroatoms. The summed E-state index contributed by atoms with van der Waals surface area (Å²) in [4.78, 5) is 25.1. The van der Waals surface area contributed by atoms with E-state index < -0.39 is 4.92 Å². The summed E-state index contributed by atoms with van der Waals surface area (Å²) in [6, 6.07) is 14.0. The Morgan fingerprint density at radius 2 is 1.92 bits per heavy atom. The quantitative estimate of drug-likeness (QED) is 0.625. The molecular weight excluding hydrogens is 306 g/mol. The molecule has 0 fully saturated rings. The van der Waals surface area contributed by atoms with Gasteiger partial charge in [-0.3, -0.25) is 14.9 Å². The molecule has 0 aromatic heterocycles. The molecule has 2 aromatic carbocycles. The van der Waals surface area contributed by atoms with E-state index in [9.17, 15) is 14.9 Å². The lowest BCUT2D eigenvalue weighted by molar-refractivity contribution is -0.384. The summed E-state index contributed by atoms with van der Waals surface area (Å²) >= 11 is 0. The lowest BCUT2D eigenvalue weighted by Crippen LogP contribution is -2.33. The molecule has 2 aromatic rings. The van der Waals surface area contributed by atoms with E-state index in [0.29, 0.717) is 31.6 Å². The van der Waals surface area contributed by atoms with Gasteiger partial charge in [-0.2, -0.15) is 0 Å². The molecule has 0 aliphatic heterocycles. The molecule has 0 aliphatic rings. The second-order valence-corrected chi connectivity index (χ2v) is 5.61. The van der Waals surface area contributed by atoms with Crippen molar-refractivity contribution in [2.45, 2.75) is 19.9 Å². The van der Waals surface area contributed by atoms with E-state index in [-0.39, 0.29) is 11.6 Å². The summed E-state index contributed by atoms with van der Waals surface area (Å²) in [6.07, 6.45) is 0.673. The molecule has 1 amide bonds. The van der Waals surface area contributed by atoms with Gasteiger partial charge in [0, 0.05) is 30.8 Å². The van der Waals surface area contributed by atoms with Crippen LogP contribution in [-0.4, -0.2) is 28.8 Å². The Morgan fingerprint density at radius 3 is 2.54 bits per heavy atom. The van der Waals surface area contributed by atoms with Gasteiger partial charge >= 0.3 is 0 Å². The number of amides is 1. The third kappa shape index (κ3) is 4.39. The van der Waals surface area contributed by atoms with Crippen LogP contribution >= 0.6 is 0 Å². The average molecular weight is 327 g/mol. The largest absolute Gasteiger partial charge is 0.334 e. The Labute approximate surface area is 141 Å². The zero-order valence-corrected chi connectivity index (χ0v) is 13.6. The number of nitrogens with zero attached hydrogens (tertiary/aromatic N) is 2. The van der Waals surface area contributed by atoms with Crippen molar-refractivity contribution >= 4 is 11.6 Å². The topological polar surface area (TPSA) is 89.5 Å². The summed E-state index contributed by atoms with van der Waals surface area (Å²) in [6.45, 7) is 3.21. The Bertz CT molecular complexity index is 717. The van der Waals surface area contributed by atoms with Gasteiger partial charge in [0.05, 0.1) is 4.92 Å². The molecule has 2 rings (SSSR count). The van der Waals surface area contributed by atoms with Crippen molar-refractivity contribution in [3.05, 3.63) is 75.3 Å². The summed E-state index contributed by atoms with van der Waals surface area (Å²) in [5.41, 5.74) is 7.58. The summed E-state index contributed by atoms with van der Waals surface area (Å²) in [7, 11) is 0. The second-order valence-electron chi connectivity index (χ2n) is 5.61. The molecule has 24 heavy (non-hydrogen) atoms. The lowest BCUT2D eigenvalue weighted by atomic mass is 10.1. The lowest BCUT2D eigenvalue weighted by Gasteiger charge is -2.23. The maximum atomic E-state index is 12.9. The fraction of sp³-hybridized carbons (Fsp3) is 0.278. The van der Waals surface area contributed by atoms with E-state index >= 15 is 0 Å². The molecule has 0 atom stereocenters. The minimum absolute atomic E-state index is 0.0811. The van der Waals surface area contributed by atoms with E-state index in [1.54, 1.807) is 17.9 Å². The van der Waals surface area contributed by atoms with Gasteiger partial charge < -0.3 is 10.6 Å². The van der Waals surface area contributed by atoms with E-state index in [4.69, 9.17) is 5.73 Å². The second kappa shape index (κ2) is 8.21. The number of benzene rings is 2. The van der Waals surface area contributed by atoms with Crippen LogP contribution in [0, 0.1) is 17.0 Å². The molecule has 0 saturated heterocycles. The fourth-order valence-corrected chi connectivity index (χ4v) is 2.46. The first-order valence-electron chi connectivity index (χ1n) is 7.81. The molecule has 6 nitrogen and oxygen atoms in total. The van der Waals surface area contributed by atoms with Crippen molar-refractivity contribution < 1.29 is 9.72 Å². The molecule has 0 spiro atoms. The molecule has 2 N–H and O–H groups in total. The first-order valence-corrected chi connectivity index (χ1v) is 7.81. The van der Waals surface area contributed by atoms with E-state index in [2.05, 4.69) is 0 Å². The molecule has 0 aliphatic carbocycles. The van der Waals surface area contributed by atoms with E-state index in [1.807, 2.05) is 30.3 Å². The molecule has 0 heterocycles. The summed E-state index contributed by atoms with van der Waals surface area (Å²) < 4.78 is 0. The maximum Gasteiger partial charge on any atom is 0.270 e. The third-order valence-electron chi connectivity index (χ3n) is 3.80. The Balaban J connectivity index is 2.30. The van der Waals surface area contributed by atoms with Crippen LogP contribution in [0.5, 0.6) is 0 Å². The van der Waals surface area contributed by atoms with Crippen molar-refractivity contribution in [2.24, 2.45) is 5.73 Å². The van der Waals surface area contributed by atoms with Gasteiger partial charge in [-0.1, -0.05) is 36.4 Å². The molecule has 0 saturated carbocycles. The van der Waals surface area contributed by atoms with Crippen LogP contribution in [0.1, 0.15) is 27.9 Å². The van der Waals surface area contributed by atoms with Gasteiger partial charge in [-0.25, -0.2) is 0 Å². The SMILES string of the molecule is Cc1ccc([N+](=O)[O-])cc1C(=O)N(CCCN)Cc1ccccc1. The Hall–Kier alpha value is -2.73. The molecule has 126 valence electrons. The number of hydrogen-bond donors (Lipinski definition) is 1. The zero-order valence-electron chi connectivity index (χ0n) is 13.6. The number of carbonyl (C=O) groups excluding carboxylic acids is 1. The van der Waals surface area contributed by atoms with Crippen molar-refractivity contribution in [2.75, 3.05) is 13.1 Å². The van der Waals surface area contributed by atoms with E-state index in [1.165, 1.54) is 12.1 Å². The zero-order chi connectivity index (χ0) is 17.5. The standard InChI is InChI=1S/C18H21N3O3/c1-14-8-9-16(21(23)24)12-17(14)18(22)20(11-5-10-19)13-15-6-3-2-4-7-15/h2-4,6-9,12H,5,10-11,13,19H2,1H3. The minimum atomic E-state index is -0.488. The monoisotopic (exact) mass is 327 g/mol. The third-order valence-corrected chi connectivity index (χ3v) is 3.80. The normalized spacial score (nSPS) is 10.4. The van der Waals surface area contributed by atoms with Crippen LogP contribution < -0.4 is 5.73 Å². The number of non-ortho nitro benzene ring substituents is 1. The van der Waals surface area contributed by atoms with Gasteiger partial charge in [0.2, 0.25) is 0 Å². The predicted molar refractivity (Wildman–Crippen MR) is 92.7 cm³/mol. The molecular formula is C18H21N3O3. The highest BCUT2D eigenvalue weighted by molar-refractivity contribution is 5.96. The van der Waals surface area contributed by atoms with Crippen molar-refractivity contribution in [3.8, 4) is 0 Å². The van der Waals surface area contributed by atoms with Crippen molar-refractivity contribution in [3.63, 3.8) is 0 Å².